The van der Waals surface area contributed by atoms with E-state index in [-0.39, 0.29) is 36.4 Å². The fourth-order valence-electron chi connectivity index (χ4n) is 4.77. The van der Waals surface area contributed by atoms with Crippen LogP contribution in [0.1, 0.15) is 56.3 Å². The SMILES string of the molecule is CC(C)C(=O)N1CCC([C@H](NC(=O)c2ccc3c(c2)OCO3)C(=O)N2CCCCC2)CC1. The van der Waals surface area contributed by atoms with Gasteiger partial charge in [-0.2, -0.15) is 0 Å². The van der Waals surface area contributed by atoms with Gasteiger partial charge in [-0.25, -0.2) is 0 Å². The van der Waals surface area contributed by atoms with Crippen molar-refractivity contribution in [3.8, 4) is 11.5 Å². The summed E-state index contributed by atoms with van der Waals surface area (Å²) in [6.45, 7) is 6.66. The summed E-state index contributed by atoms with van der Waals surface area (Å²) < 4.78 is 10.7. The fraction of sp³-hybridized carbons (Fsp3) is 0.625. The van der Waals surface area contributed by atoms with Gasteiger partial charge in [0.15, 0.2) is 11.5 Å². The van der Waals surface area contributed by atoms with E-state index in [9.17, 15) is 14.4 Å². The van der Waals surface area contributed by atoms with Crippen LogP contribution in [0, 0.1) is 11.8 Å². The molecule has 3 aliphatic heterocycles. The fourth-order valence-corrected chi connectivity index (χ4v) is 4.77. The van der Waals surface area contributed by atoms with E-state index in [0.29, 0.717) is 43.0 Å². The maximum atomic E-state index is 13.5. The number of hydrogen-bond acceptors (Lipinski definition) is 5. The Balaban J connectivity index is 1.48. The predicted molar refractivity (Wildman–Crippen MR) is 118 cm³/mol. The van der Waals surface area contributed by atoms with Crippen molar-refractivity contribution in [1.82, 2.24) is 15.1 Å². The molecule has 3 aliphatic rings. The van der Waals surface area contributed by atoms with Crippen LogP contribution >= 0.6 is 0 Å². The van der Waals surface area contributed by atoms with Crippen LogP contribution in [0.3, 0.4) is 0 Å². The Labute approximate surface area is 189 Å². The molecule has 0 saturated carbocycles. The first-order valence-electron chi connectivity index (χ1n) is 11.7. The van der Waals surface area contributed by atoms with E-state index in [1.165, 1.54) is 0 Å². The van der Waals surface area contributed by atoms with Gasteiger partial charge in [0.2, 0.25) is 18.6 Å². The Bertz CT molecular complexity index is 857. The number of fused-ring (bicyclic) bond motifs is 1. The highest BCUT2D eigenvalue weighted by Crippen LogP contribution is 2.32. The van der Waals surface area contributed by atoms with Gasteiger partial charge in [0, 0.05) is 37.7 Å². The molecule has 0 aromatic heterocycles. The Kier molecular flexibility index (Phi) is 6.86. The van der Waals surface area contributed by atoms with Crippen LogP contribution in [0.2, 0.25) is 0 Å². The smallest absolute Gasteiger partial charge is 0.252 e. The van der Waals surface area contributed by atoms with E-state index in [4.69, 9.17) is 9.47 Å². The van der Waals surface area contributed by atoms with Gasteiger partial charge in [-0.05, 0) is 56.2 Å². The molecule has 32 heavy (non-hydrogen) atoms. The zero-order chi connectivity index (χ0) is 22.7. The molecule has 0 aliphatic carbocycles. The molecule has 8 heteroatoms. The topological polar surface area (TPSA) is 88.2 Å². The summed E-state index contributed by atoms with van der Waals surface area (Å²) in [4.78, 5) is 42.7. The molecule has 174 valence electrons. The Morgan fingerprint density at radius 3 is 2.25 bits per heavy atom. The molecule has 4 rings (SSSR count). The Hall–Kier alpha value is -2.77. The molecule has 0 radical (unpaired) electrons. The summed E-state index contributed by atoms with van der Waals surface area (Å²) >= 11 is 0. The summed E-state index contributed by atoms with van der Waals surface area (Å²) in [6.07, 6.45) is 4.52. The number of nitrogens with one attached hydrogen (secondary N) is 1. The van der Waals surface area contributed by atoms with Crippen LogP contribution in [0.4, 0.5) is 0 Å². The zero-order valence-electron chi connectivity index (χ0n) is 19.0. The molecule has 0 unspecified atom stereocenters. The van der Waals surface area contributed by atoms with Gasteiger partial charge in [-0.1, -0.05) is 13.8 Å². The maximum Gasteiger partial charge on any atom is 0.252 e. The number of nitrogens with zero attached hydrogens (tertiary/aromatic N) is 2. The molecule has 1 atom stereocenters. The van der Waals surface area contributed by atoms with Crippen molar-refractivity contribution in [2.45, 2.75) is 52.0 Å². The lowest BCUT2D eigenvalue weighted by Crippen LogP contribution is -2.55. The average Bonchev–Trinajstić information content (AvgIpc) is 3.30. The van der Waals surface area contributed by atoms with Crippen molar-refractivity contribution in [2.75, 3.05) is 33.0 Å². The Morgan fingerprint density at radius 1 is 0.906 bits per heavy atom. The van der Waals surface area contributed by atoms with Gasteiger partial charge < -0.3 is 24.6 Å². The Morgan fingerprint density at radius 2 is 1.56 bits per heavy atom. The van der Waals surface area contributed by atoms with Gasteiger partial charge in [0.25, 0.3) is 5.91 Å². The number of likely N-dealkylation sites (tertiary alicyclic amines) is 2. The summed E-state index contributed by atoms with van der Waals surface area (Å²) in [5.74, 6) is 0.960. The van der Waals surface area contributed by atoms with E-state index in [2.05, 4.69) is 5.32 Å². The first-order chi connectivity index (χ1) is 15.4. The monoisotopic (exact) mass is 443 g/mol. The number of piperidine rings is 2. The zero-order valence-corrected chi connectivity index (χ0v) is 19.0. The van der Waals surface area contributed by atoms with E-state index in [1.807, 2.05) is 23.6 Å². The lowest BCUT2D eigenvalue weighted by Gasteiger charge is -2.39. The second-order valence-corrected chi connectivity index (χ2v) is 9.22. The maximum absolute atomic E-state index is 13.5. The number of benzene rings is 1. The summed E-state index contributed by atoms with van der Waals surface area (Å²) in [7, 11) is 0. The van der Waals surface area contributed by atoms with Crippen LogP contribution in [-0.4, -0.2) is 66.5 Å². The van der Waals surface area contributed by atoms with Gasteiger partial charge in [-0.3, -0.25) is 14.4 Å². The molecular formula is C24H33N3O5. The lowest BCUT2D eigenvalue weighted by atomic mass is 9.87. The highest BCUT2D eigenvalue weighted by atomic mass is 16.7. The van der Waals surface area contributed by atoms with Crippen molar-refractivity contribution in [3.63, 3.8) is 0 Å². The minimum atomic E-state index is -0.595. The van der Waals surface area contributed by atoms with Crippen molar-refractivity contribution >= 4 is 17.7 Å². The molecule has 0 spiro atoms. The van der Waals surface area contributed by atoms with Crippen molar-refractivity contribution < 1.29 is 23.9 Å². The molecule has 8 nitrogen and oxygen atoms in total. The lowest BCUT2D eigenvalue weighted by molar-refractivity contribution is -0.138. The quantitative estimate of drug-likeness (QED) is 0.755. The number of carbonyl (C=O) groups excluding carboxylic acids is 3. The van der Waals surface area contributed by atoms with E-state index < -0.39 is 6.04 Å². The molecule has 0 bridgehead atoms. The predicted octanol–water partition coefficient (Wildman–Crippen LogP) is 2.42. The molecule has 1 aromatic carbocycles. The van der Waals surface area contributed by atoms with E-state index >= 15 is 0 Å². The normalized spacial score (nSPS) is 19.7. The van der Waals surface area contributed by atoms with Crippen LogP contribution < -0.4 is 14.8 Å². The molecule has 3 amide bonds. The highest BCUT2D eigenvalue weighted by molar-refractivity contribution is 5.98. The second-order valence-electron chi connectivity index (χ2n) is 9.22. The van der Waals surface area contributed by atoms with E-state index in [1.54, 1.807) is 18.2 Å². The third-order valence-corrected chi connectivity index (χ3v) is 6.67. The average molecular weight is 444 g/mol. The number of carbonyl (C=O) groups is 3. The molecule has 1 N–H and O–H groups in total. The van der Waals surface area contributed by atoms with Crippen molar-refractivity contribution in [1.29, 1.82) is 0 Å². The van der Waals surface area contributed by atoms with Gasteiger partial charge in [0.1, 0.15) is 6.04 Å². The highest BCUT2D eigenvalue weighted by Gasteiger charge is 2.37. The van der Waals surface area contributed by atoms with E-state index in [0.717, 1.165) is 32.4 Å². The van der Waals surface area contributed by atoms with Crippen LogP contribution in [-0.2, 0) is 9.59 Å². The molecule has 1 aromatic rings. The molecule has 2 fully saturated rings. The van der Waals surface area contributed by atoms with Crippen LogP contribution in [0.5, 0.6) is 11.5 Å². The summed E-state index contributed by atoms with van der Waals surface area (Å²) in [6, 6.07) is 4.47. The van der Waals surface area contributed by atoms with Crippen LogP contribution in [0.25, 0.3) is 0 Å². The minimum absolute atomic E-state index is 0.00130. The summed E-state index contributed by atoms with van der Waals surface area (Å²) in [5.41, 5.74) is 0.443. The van der Waals surface area contributed by atoms with Crippen molar-refractivity contribution in [3.05, 3.63) is 23.8 Å². The molecular weight excluding hydrogens is 410 g/mol. The number of rotatable bonds is 5. The van der Waals surface area contributed by atoms with Crippen molar-refractivity contribution in [2.24, 2.45) is 11.8 Å². The summed E-state index contributed by atoms with van der Waals surface area (Å²) in [5, 5.41) is 3.03. The number of ether oxygens (including phenoxy) is 2. The first-order valence-corrected chi connectivity index (χ1v) is 11.7. The first kappa shape index (κ1) is 22.4. The minimum Gasteiger partial charge on any atom is -0.454 e. The van der Waals surface area contributed by atoms with Gasteiger partial charge in [-0.15, -0.1) is 0 Å². The van der Waals surface area contributed by atoms with Gasteiger partial charge >= 0.3 is 0 Å². The van der Waals surface area contributed by atoms with Gasteiger partial charge in [0.05, 0.1) is 0 Å². The standard InChI is InChI=1S/C24H33N3O5/c1-16(2)23(29)27-12-8-17(9-13-27)21(24(30)26-10-4-3-5-11-26)25-22(28)18-6-7-19-20(14-18)32-15-31-19/h6-7,14,16-17,21H,3-5,8-13,15H2,1-2H3,(H,25,28)/t21-/m0/s1. The second kappa shape index (κ2) is 9.79. The molecule has 3 heterocycles. The largest absolute Gasteiger partial charge is 0.454 e. The third-order valence-electron chi connectivity index (χ3n) is 6.67. The number of amides is 3. The third kappa shape index (κ3) is 4.84. The number of hydrogen-bond donors (Lipinski definition) is 1. The molecule has 2 saturated heterocycles. The van der Waals surface area contributed by atoms with Crippen LogP contribution in [0.15, 0.2) is 18.2 Å².